The van der Waals surface area contributed by atoms with Gasteiger partial charge in [-0.1, -0.05) is 24.3 Å². The zero-order valence-electron chi connectivity index (χ0n) is 15.4. The fourth-order valence-corrected chi connectivity index (χ4v) is 4.81. The van der Waals surface area contributed by atoms with E-state index < -0.39 is 0 Å². The molecule has 4 rings (SSSR count). The van der Waals surface area contributed by atoms with Crippen LogP contribution in [0.4, 0.5) is 8.78 Å². The number of halogens is 2. The Bertz CT molecular complexity index is 823. The average Bonchev–Trinajstić information content (AvgIpc) is 3.01. The minimum Gasteiger partial charge on any atom is -0.338 e. The third kappa shape index (κ3) is 3.61. The third-order valence-electron chi connectivity index (χ3n) is 5.94. The maximum atomic E-state index is 13.6. The SMILES string of the molecule is CC(=O)N1CCC[C@@H]2[C@H]1[C@@H](c1ccc(F)cc1)CN2Cc1cccc(F)c1. The second kappa shape index (κ2) is 7.39. The van der Waals surface area contributed by atoms with E-state index in [4.69, 9.17) is 0 Å². The number of benzene rings is 2. The Balaban J connectivity index is 1.66. The van der Waals surface area contributed by atoms with Crippen molar-refractivity contribution < 1.29 is 13.6 Å². The zero-order chi connectivity index (χ0) is 19.0. The van der Waals surface area contributed by atoms with Gasteiger partial charge in [-0.2, -0.15) is 0 Å². The molecule has 27 heavy (non-hydrogen) atoms. The molecule has 0 radical (unpaired) electrons. The van der Waals surface area contributed by atoms with Crippen LogP contribution in [-0.4, -0.2) is 40.9 Å². The molecule has 2 aromatic rings. The van der Waals surface area contributed by atoms with Crippen LogP contribution in [-0.2, 0) is 11.3 Å². The molecule has 0 N–H and O–H groups in total. The molecule has 0 spiro atoms. The monoisotopic (exact) mass is 370 g/mol. The molecule has 3 atom stereocenters. The van der Waals surface area contributed by atoms with E-state index in [9.17, 15) is 13.6 Å². The number of carbonyl (C=O) groups is 1. The predicted octanol–water partition coefficient (Wildman–Crippen LogP) is 3.94. The van der Waals surface area contributed by atoms with Crippen LogP contribution in [0.25, 0.3) is 0 Å². The van der Waals surface area contributed by atoms with Crippen molar-refractivity contribution in [2.24, 2.45) is 0 Å². The molecular weight excluding hydrogens is 346 g/mol. The molecule has 2 aliphatic heterocycles. The molecule has 3 nitrogen and oxygen atoms in total. The van der Waals surface area contributed by atoms with Crippen LogP contribution in [0.2, 0.25) is 0 Å². The number of fused-ring (bicyclic) bond motifs is 1. The summed E-state index contributed by atoms with van der Waals surface area (Å²) >= 11 is 0. The van der Waals surface area contributed by atoms with Gasteiger partial charge in [0.1, 0.15) is 11.6 Å². The van der Waals surface area contributed by atoms with Crippen LogP contribution in [0.5, 0.6) is 0 Å². The van der Waals surface area contributed by atoms with E-state index in [1.165, 1.54) is 18.2 Å². The molecule has 142 valence electrons. The van der Waals surface area contributed by atoms with Crippen molar-refractivity contribution in [1.29, 1.82) is 0 Å². The van der Waals surface area contributed by atoms with Gasteiger partial charge in [0.15, 0.2) is 0 Å². The minimum absolute atomic E-state index is 0.0790. The van der Waals surface area contributed by atoms with Crippen LogP contribution >= 0.6 is 0 Å². The number of amides is 1. The van der Waals surface area contributed by atoms with Crippen molar-refractivity contribution in [1.82, 2.24) is 9.80 Å². The van der Waals surface area contributed by atoms with Crippen molar-refractivity contribution >= 4 is 5.91 Å². The molecule has 1 amide bonds. The van der Waals surface area contributed by atoms with Crippen molar-refractivity contribution in [3.63, 3.8) is 0 Å². The predicted molar refractivity (Wildman–Crippen MR) is 100 cm³/mol. The number of hydrogen-bond donors (Lipinski definition) is 0. The first-order chi connectivity index (χ1) is 13.0. The number of likely N-dealkylation sites (tertiary alicyclic amines) is 2. The van der Waals surface area contributed by atoms with Crippen molar-refractivity contribution in [2.45, 2.75) is 44.3 Å². The van der Waals surface area contributed by atoms with Crippen molar-refractivity contribution in [3.05, 3.63) is 71.3 Å². The van der Waals surface area contributed by atoms with Gasteiger partial charge in [0.25, 0.3) is 0 Å². The summed E-state index contributed by atoms with van der Waals surface area (Å²) in [5.74, 6) is -0.262. The topological polar surface area (TPSA) is 23.6 Å². The second-order valence-electron chi connectivity index (χ2n) is 7.63. The molecule has 0 aromatic heterocycles. The highest BCUT2D eigenvalue weighted by Crippen LogP contribution is 2.40. The molecule has 5 heteroatoms. The molecule has 0 bridgehead atoms. The Hall–Kier alpha value is -2.27. The summed E-state index contributed by atoms with van der Waals surface area (Å²) in [7, 11) is 0. The Morgan fingerprint density at radius 1 is 1.11 bits per heavy atom. The summed E-state index contributed by atoms with van der Waals surface area (Å²) in [5.41, 5.74) is 2.00. The van der Waals surface area contributed by atoms with E-state index in [-0.39, 0.29) is 35.5 Å². The first kappa shape index (κ1) is 18.1. The van der Waals surface area contributed by atoms with Gasteiger partial charge in [0.05, 0.1) is 6.04 Å². The Labute approximate surface area is 158 Å². The lowest BCUT2D eigenvalue weighted by atomic mass is 9.86. The molecular formula is C22H24F2N2O. The molecule has 0 unspecified atom stereocenters. The Morgan fingerprint density at radius 3 is 2.59 bits per heavy atom. The van der Waals surface area contributed by atoms with Gasteiger partial charge < -0.3 is 4.90 Å². The highest BCUT2D eigenvalue weighted by atomic mass is 19.1. The van der Waals surface area contributed by atoms with Crippen LogP contribution in [0.1, 0.15) is 36.8 Å². The van der Waals surface area contributed by atoms with Crippen LogP contribution in [0, 0.1) is 11.6 Å². The van der Waals surface area contributed by atoms with Crippen molar-refractivity contribution in [2.75, 3.05) is 13.1 Å². The highest BCUT2D eigenvalue weighted by molar-refractivity contribution is 5.74. The summed E-state index contributed by atoms with van der Waals surface area (Å²) in [6, 6.07) is 13.7. The molecule has 2 heterocycles. The summed E-state index contributed by atoms with van der Waals surface area (Å²) in [4.78, 5) is 16.6. The number of piperidine rings is 1. The molecule has 2 saturated heterocycles. The fourth-order valence-electron chi connectivity index (χ4n) is 4.81. The largest absolute Gasteiger partial charge is 0.338 e. The van der Waals surface area contributed by atoms with Gasteiger partial charge in [-0.15, -0.1) is 0 Å². The Kier molecular flexibility index (Phi) is 4.96. The third-order valence-corrected chi connectivity index (χ3v) is 5.94. The molecule has 0 aliphatic carbocycles. The van der Waals surface area contributed by atoms with E-state index in [1.54, 1.807) is 19.1 Å². The van der Waals surface area contributed by atoms with Crippen molar-refractivity contribution in [3.8, 4) is 0 Å². The fraction of sp³-hybridized carbons (Fsp3) is 0.409. The second-order valence-corrected chi connectivity index (χ2v) is 7.63. The van der Waals surface area contributed by atoms with E-state index >= 15 is 0 Å². The maximum Gasteiger partial charge on any atom is 0.219 e. The number of rotatable bonds is 3. The minimum atomic E-state index is -0.253. The first-order valence-electron chi connectivity index (χ1n) is 9.54. The van der Waals surface area contributed by atoms with Crippen LogP contribution in [0.15, 0.2) is 48.5 Å². The first-order valence-corrected chi connectivity index (χ1v) is 9.54. The van der Waals surface area contributed by atoms with E-state index in [0.29, 0.717) is 6.54 Å². The summed E-state index contributed by atoms with van der Waals surface area (Å²) < 4.78 is 27.0. The summed E-state index contributed by atoms with van der Waals surface area (Å²) in [6.07, 6.45) is 1.98. The average molecular weight is 370 g/mol. The summed E-state index contributed by atoms with van der Waals surface area (Å²) in [5, 5.41) is 0. The number of hydrogen-bond acceptors (Lipinski definition) is 2. The summed E-state index contributed by atoms with van der Waals surface area (Å²) in [6.45, 7) is 3.82. The lowest BCUT2D eigenvalue weighted by Gasteiger charge is -2.41. The lowest BCUT2D eigenvalue weighted by molar-refractivity contribution is -0.133. The number of carbonyl (C=O) groups excluding carboxylic acids is 1. The highest BCUT2D eigenvalue weighted by Gasteiger charge is 2.47. The van der Waals surface area contributed by atoms with Gasteiger partial charge in [-0.25, -0.2) is 8.78 Å². The molecule has 2 aromatic carbocycles. The smallest absolute Gasteiger partial charge is 0.219 e. The van der Waals surface area contributed by atoms with E-state index in [1.807, 2.05) is 23.1 Å². The van der Waals surface area contributed by atoms with E-state index in [0.717, 1.165) is 37.1 Å². The van der Waals surface area contributed by atoms with E-state index in [2.05, 4.69) is 4.90 Å². The van der Waals surface area contributed by atoms with Gasteiger partial charge in [-0.3, -0.25) is 9.69 Å². The standard InChI is InChI=1S/C22H24F2N2O/c1-15(27)26-11-3-6-21-22(26)20(17-7-9-18(23)10-8-17)14-25(21)13-16-4-2-5-19(24)12-16/h2,4-5,7-10,12,20-22H,3,6,11,13-14H2,1H3/t20-,21-,22-/m1/s1. The Morgan fingerprint density at radius 2 is 1.89 bits per heavy atom. The van der Waals surface area contributed by atoms with Gasteiger partial charge >= 0.3 is 0 Å². The molecule has 2 aliphatic rings. The van der Waals surface area contributed by atoms with Crippen LogP contribution < -0.4 is 0 Å². The normalized spacial score (nSPS) is 25.4. The number of nitrogens with zero attached hydrogens (tertiary/aromatic N) is 2. The molecule has 2 fully saturated rings. The quantitative estimate of drug-likeness (QED) is 0.817. The molecule has 0 saturated carbocycles. The van der Waals surface area contributed by atoms with Crippen LogP contribution in [0.3, 0.4) is 0 Å². The van der Waals surface area contributed by atoms with Gasteiger partial charge in [-0.05, 0) is 48.2 Å². The zero-order valence-corrected chi connectivity index (χ0v) is 15.4. The lowest BCUT2D eigenvalue weighted by Crippen LogP contribution is -2.52. The maximum absolute atomic E-state index is 13.6. The van der Waals surface area contributed by atoms with Gasteiger partial charge in [0.2, 0.25) is 5.91 Å². The van der Waals surface area contributed by atoms with Gasteiger partial charge in [0, 0.05) is 38.5 Å².